The van der Waals surface area contributed by atoms with E-state index in [1.54, 1.807) is 12.2 Å². The Labute approximate surface area is 97.8 Å². The van der Waals surface area contributed by atoms with Gasteiger partial charge in [0.25, 0.3) is 5.79 Å². The number of hydrogen-bond acceptors (Lipinski definition) is 6. The Balaban J connectivity index is 2.02. The van der Waals surface area contributed by atoms with Gasteiger partial charge in [-0.2, -0.15) is 0 Å². The van der Waals surface area contributed by atoms with Crippen molar-refractivity contribution in [3.05, 3.63) is 12.2 Å². The molecule has 6 unspecified atom stereocenters. The van der Waals surface area contributed by atoms with Crippen LogP contribution in [0.5, 0.6) is 0 Å². The largest absolute Gasteiger partial charge is 0.427 e. The smallest absolute Gasteiger partial charge is 0.315 e. The normalized spacial score (nSPS) is 51.5. The molecule has 6 heteroatoms. The lowest BCUT2D eigenvalue weighted by molar-refractivity contribution is -0.308. The lowest BCUT2D eigenvalue weighted by atomic mass is 9.80. The molecule has 0 bridgehead atoms. The molecular weight excluding hydrogens is 228 g/mol. The highest BCUT2D eigenvalue weighted by molar-refractivity contribution is 5.77. The molecule has 94 valence electrons. The number of esters is 1. The number of cyclic esters (lactones) is 1. The van der Waals surface area contributed by atoms with Crippen molar-refractivity contribution >= 4 is 5.97 Å². The van der Waals surface area contributed by atoms with Gasteiger partial charge >= 0.3 is 5.97 Å². The van der Waals surface area contributed by atoms with Crippen LogP contribution < -0.4 is 0 Å². The zero-order valence-electron chi connectivity index (χ0n) is 9.28. The minimum atomic E-state index is -1.50. The van der Waals surface area contributed by atoms with Crippen molar-refractivity contribution in [2.45, 2.75) is 18.2 Å². The fraction of sp³-hybridized carbons (Fsp3) is 0.727. The lowest BCUT2D eigenvalue weighted by Crippen LogP contribution is -2.59. The molecule has 0 saturated carbocycles. The first-order chi connectivity index (χ1) is 8.13. The summed E-state index contributed by atoms with van der Waals surface area (Å²) in [5, 5.41) is 19.2. The quantitative estimate of drug-likeness (QED) is 0.478. The van der Waals surface area contributed by atoms with Crippen molar-refractivity contribution in [1.82, 2.24) is 0 Å². The Morgan fingerprint density at radius 1 is 1.53 bits per heavy atom. The third kappa shape index (κ3) is 1.26. The molecular formula is C11H14O6. The average Bonchev–Trinajstić information content (AvgIpc) is 2.89. The van der Waals surface area contributed by atoms with Crippen molar-refractivity contribution < 1.29 is 29.2 Å². The Kier molecular flexibility index (Phi) is 2.31. The number of carbonyl (C=O) groups excluding carboxylic acids is 1. The van der Waals surface area contributed by atoms with Crippen molar-refractivity contribution in [3.8, 4) is 0 Å². The topological polar surface area (TPSA) is 85.2 Å². The first-order valence-corrected chi connectivity index (χ1v) is 5.53. The fourth-order valence-corrected chi connectivity index (χ4v) is 3.02. The van der Waals surface area contributed by atoms with Crippen molar-refractivity contribution in [2.75, 3.05) is 13.7 Å². The van der Waals surface area contributed by atoms with Crippen LogP contribution in [0.2, 0.25) is 0 Å². The van der Waals surface area contributed by atoms with Crippen molar-refractivity contribution in [2.24, 2.45) is 17.8 Å². The van der Waals surface area contributed by atoms with Crippen molar-refractivity contribution in [3.63, 3.8) is 0 Å². The van der Waals surface area contributed by atoms with Crippen LogP contribution in [0.25, 0.3) is 0 Å². The molecule has 0 amide bonds. The van der Waals surface area contributed by atoms with Gasteiger partial charge in [-0.15, -0.1) is 0 Å². The van der Waals surface area contributed by atoms with Gasteiger partial charge in [-0.25, -0.2) is 0 Å². The minimum Gasteiger partial charge on any atom is -0.427 e. The SMILES string of the molecule is COC1(CO)OC(=O)C2C=CC3C(O)OC1C23. The Hall–Kier alpha value is -0.950. The summed E-state index contributed by atoms with van der Waals surface area (Å²) in [6, 6.07) is 0. The maximum atomic E-state index is 11.8. The molecule has 0 aromatic carbocycles. The molecule has 0 spiro atoms. The second kappa shape index (κ2) is 3.52. The molecule has 3 rings (SSSR count). The Morgan fingerprint density at radius 2 is 2.29 bits per heavy atom. The highest BCUT2D eigenvalue weighted by Gasteiger charge is 2.64. The number of hydrogen-bond donors (Lipinski definition) is 2. The van der Waals surface area contributed by atoms with Crippen LogP contribution in [0, 0.1) is 17.8 Å². The van der Waals surface area contributed by atoms with E-state index < -0.39 is 36.7 Å². The minimum absolute atomic E-state index is 0.224. The maximum absolute atomic E-state index is 11.8. The molecule has 6 nitrogen and oxygen atoms in total. The zero-order valence-corrected chi connectivity index (χ0v) is 9.28. The molecule has 1 aliphatic carbocycles. The van der Waals surface area contributed by atoms with Crippen LogP contribution in [-0.2, 0) is 19.0 Å². The zero-order chi connectivity index (χ0) is 12.2. The summed E-state index contributed by atoms with van der Waals surface area (Å²) in [6.45, 7) is -0.497. The van der Waals surface area contributed by atoms with Crippen LogP contribution in [0.15, 0.2) is 12.2 Å². The fourth-order valence-electron chi connectivity index (χ4n) is 3.02. The van der Waals surface area contributed by atoms with Crippen LogP contribution in [0.3, 0.4) is 0 Å². The molecule has 2 aliphatic heterocycles. The van der Waals surface area contributed by atoms with Crippen LogP contribution in [-0.4, -0.2) is 48.1 Å². The van der Waals surface area contributed by atoms with E-state index in [2.05, 4.69) is 0 Å². The predicted octanol–water partition coefficient (Wildman–Crippen LogP) is -0.986. The summed E-state index contributed by atoms with van der Waals surface area (Å²) in [6.07, 6.45) is 1.87. The molecule has 2 N–H and O–H groups in total. The highest BCUT2D eigenvalue weighted by atomic mass is 16.8. The van der Waals surface area contributed by atoms with Crippen molar-refractivity contribution in [1.29, 1.82) is 0 Å². The standard InChI is InChI=1S/C11H14O6/c1-15-11(4-12)8-7-5(9(13)16-8)2-3-6(7)10(14)17-11/h2-3,5-9,12-13H,4H2,1H3. The van der Waals surface area contributed by atoms with E-state index >= 15 is 0 Å². The van der Waals surface area contributed by atoms with Gasteiger partial charge in [-0.3, -0.25) is 4.79 Å². The Bertz CT molecular complexity index is 374. The van der Waals surface area contributed by atoms with Gasteiger partial charge in [0.2, 0.25) is 0 Å². The van der Waals surface area contributed by atoms with Crippen LogP contribution in [0.1, 0.15) is 0 Å². The summed E-state index contributed by atoms with van der Waals surface area (Å²) in [5.41, 5.74) is 0. The first-order valence-electron chi connectivity index (χ1n) is 5.53. The molecule has 0 aromatic heterocycles. The van der Waals surface area contributed by atoms with Crippen LogP contribution >= 0.6 is 0 Å². The van der Waals surface area contributed by atoms with E-state index in [0.717, 1.165) is 0 Å². The van der Waals surface area contributed by atoms with E-state index in [1.807, 2.05) is 0 Å². The summed E-state index contributed by atoms with van der Waals surface area (Å²) in [4.78, 5) is 11.8. The third-order valence-electron chi connectivity index (χ3n) is 3.91. The van der Waals surface area contributed by atoms with Gasteiger partial charge in [0.05, 0.1) is 5.92 Å². The summed E-state index contributed by atoms with van der Waals surface area (Å²) in [5.74, 6) is -2.83. The Morgan fingerprint density at radius 3 is 2.94 bits per heavy atom. The number of aliphatic hydroxyl groups is 2. The van der Waals surface area contributed by atoms with E-state index in [0.29, 0.717) is 0 Å². The van der Waals surface area contributed by atoms with Gasteiger partial charge in [-0.05, 0) is 0 Å². The second-order valence-electron chi connectivity index (χ2n) is 4.61. The molecule has 17 heavy (non-hydrogen) atoms. The van der Waals surface area contributed by atoms with E-state index in [4.69, 9.17) is 14.2 Å². The maximum Gasteiger partial charge on any atom is 0.315 e. The predicted molar refractivity (Wildman–Crippen MR) is 53.4 cm³/mol. The van der Waals surface area contributed by atoms with E-state index in [1.165, 1.54) is 7.11 Å². The number of methoxy groups -OCH3 is 1. The molecule has 2 heterocycles. The summed E-state index contributed by atoms with van der Waals surface area (Å²) in [7, 11) is 1.34. The monoisotopic (exact) mass is 242 g/mol. The molecule has 2 fully saturated rings. The van der Waals surface area contributed by atoms with E-state index in [-0.39, 0.29) is 11.8 Å². The summed E-state index contributed by atoms with van der Waals surface area (Å²) >= 11 is 0. The van der Waals surface area contributed by atoms with Gasteiger partial charge in [0.15, 0.2) is 6.29 Å². The third-order valence-corrected chi connectivity index (χ3v) is 3.91. The van der Waals surface area contributed by atoms with Crippen LogP contribution in [0.4, 0.5) is 0 Å². The lowest BCUT2D eigenvalue weighted by Gasteiger charge is -2.42. The molecule has 3 aliphatic rings. The first kappa shape index (κ1) is 11.2. The molecule has 2 saturated heterocycles. The number of rotatable bonds is 2. The summed E-state index contributed by atoms with van der Waals surface area (Å²) < 4.78 is 15.7. The highest BCUT2D eigenvalue weighted by Crippen LogP contribution is 2.51. The molecule has 0 aromatic rings. The number of carbonyl (C=O) groups is 1. The van der Waals surface area contributed by atoms with Gasteiger partial charge in [-0.1, -0.05) is 12.2 Å². The molecule has 0 radical (unpaired) electrons. The van der Waals surface area contributed by atoms with E-state index in [9.17, 15) is 15.0 Å². The van der Waals surface area contributed by atoms with Gasteiger partial charge < -0.3 is 24.4 Å². The van der Waals surface area contributed by atoms with Gasteiger partial charge in [0.1, 0.15) is 12.7 Å². The number of ether oxygens (including phenoxy) is 3. The second-order valence-corrected chi connectivity index (χ2v) is 4.61. The average molecular weight is 242 g/mol. The number of aliphatic hydroxyl groups excluding tert-OH is 2. The molecule has 6 atom stereocenters. The van der Waals surface area contributed by atoms with Gasteiger partial charge in [0, 0.05) is 18.9 Å².